The van der Waals surface area contributed by atoms with Gasteiger partial charge in [0.15, 0.2) is 0 Å². The number of benzene rings is 2. The first-order chi connectivity index (χ1) is 16.9. The minimum Gasteiger partial charge on any atom is -0.481 e. The van der Waals surface area contributed by atoms with E-state index < -0.39 is 17.5 Å². The molecule has 0 unspecified atom stereocenters. The van der Waals surface area contributed by atoms with E-state index in [9.17, 15) is 19.5 Å². The highest BCUT2D eigenvalue weighted by atomic mass is 16.5. The molecule has 2 amide bonds. The molecule has 2 aromatic carbocycles. The second-order valence-electron chi connectivity index (χ2n) is 9.90. The second kappa shape index (κ2) is 10.9. The topological polar surface area (TPSA) is 105 Å². The number of hydrogen-bond acceptors (Lipinski definition) is 4. The van der Waals surface area contributed by atoms with Crippen LogP contribution in [0.25, 0.3) is 11.1 Å². The lowest BCUT2D eigenvalue weighted by atomic mass is 9.71. The largest absolute Gasteiger partial charge is 0.481 e. The van der Waals surface area contributed by atoms with Crippen LogP contribution in [-0.4, -0.2) is 42.8 Å². The summed E-state index contributed by atoms with van der Waals surface area (Å²) in [6, 6.07) is 16.3. The normalized spacial score (nSPS) is 21.0. The fourth-order valence-electron chi connectivity index (χ4n) is 5.23. The number of nitrogens with one attached hydrogen (secondary N) is 2. The Morgan fingerprint density at radius 1 is 0.971 bits per heavy atom. The predicted molar refractivity (Wildman–Crippen MR) is 133 cm³/mol. The molecule has 2 aliphatic rings. The van der Waals surface area contributed by atoms with Gasteiger partial charge in [-0.2, -0.15) is 0 Å². The van der Waals surface area contributed by atoms with Crippen LogP contribution in [0.4, 0.5) is 4.79 Å². The molecule has 1 saturated carbocycles. The Balaban J connectivity index is 1.17. The van der Waals surface area contributed by atoms with Gasteiger partial charge in [0.05, 0.1) is 5.41 Å². The van der Waals surface area contributed by atoms with Gasteiger partial charge in [-0.3, -0.25) is 9.59 Å². The van der Waals surface area contributed by atoms with E-state index in [1.54, 1.807) is 0 Å². The second-order valence-corrected chi connectivity index (χ2v) is 9.90. The van der Waals surface area contributed by atoms with Crippen molar-refractivity contribution in [2.75, 3.05) is 19.7 Å². The van der Waals surface area contributed by atoms with Crippen LogP contribution in [0.2, 0.25) is 0 Å². The monoisotopic (exact) mass is 478 g/mol. The van der Waals surface area contributed by atoms with Crippen molar-refractivity contribution < 1.29 is 24.2 Å². The molecule has 186 valence electrons. The quantitative estimate of drug-likeness (QED) is 0.453. The van der Waals surface area contributed by atoms with Crippen molar-refractivity contribution in [2.45, 2.75) is 51.4 Å². The summed E-state index contributed by atoms with van der Waals surface area (Å²) in [6.45, 7) is 2.85. The molecule has 0 aliphatic heterocycles. The number of rotatable bonds is 9. The predicted octanol–water partition coefficient (Wildman–Crippen LogP) is 4.70. The molecule has 2 aromatic rings. The molecule has 0 heterocycles. The first kappa shape index (κ1) is 24.8. The third kappa shape index (κ3) is 5.66. The summed E-state index contributed by atoms with van der Waals surface area (Å²) >= 11 is 0. The molecule has 7 nitrogen and oxygen atoms in total. The lowest BCUT2D eigenvalue weighted by Gasteiger charge is -2.35. The minimum absolute atomic E-state index is 0.00302. The number of fused-ring (bicyclic) bond motifs is 3. The molecule has 0 spiro atoms. The number of carboxylic acids is 1. The van der Waals surface area contributed by atoms with Gasteiger partial charge in [0.2, 0.25) is 5.91 Å². The van der Waals surface area contributed by atoms with Crippen molar-refractivity contribution in [2.24, 2.45) is 11.3 Å². The lowest BCUT2D eigenvalue weighted by molar-refractivity contribution is -0.151. The highest BCUT2D eigenvalue weighted by Gasteiger charge is 2.41. The Labute approximate surface area is 206 Å². The standard InChI is InChI=1S/C28H34N2O5/c1-19-12-14-28(15-13-19,26(32)33)18-30-25(31)11-6-16-29-27(34)35-17-24-22-9-4-2-7-20(22)21-8-3-5-10-23(21)24/h2-5,7-10,19,24H,6,11-18H2,1H3,(H,29,34)(H,30,31)(H,32,33). The van der Waals surface area contributed by atoms with E-state index in [0.29, 0.717) is 31.7 Å². The van der Waals surface area contributed by atoms with E-state index in [-0.39, 0.29) is 31.4 Å². The van der Waals surface area contributed by atoms with Crippen LogP contribution in [0.5, 0.6) is 0 Å². The smallest absolute Gasteiger partial charge is 0.407 e. The van der Waals surface area contributed by atoms with E-state index in [2.05, 4.69) is 41.8 Å². The number of aliphatic carboxylic acids is 1. The van der Waals surface area contributed by atoms with Gasteiger partial charge >= 0.3 is 12.1 Å². The van der Waals surface area contributed by atoms with Crippen LogP contribution in [0.3, 0.4) is 0 Å². The van der Waals surface area contributed by atoms with Crippen molar-refractivity contribution >= 4 is 18.0 Å². The molecule has 0 atom stereocenters. The van der Waals surface area contributed by atoms with Crippen molar-refractivity contribution in [3.63, 3.8) is 0 Å². The summed E-state index contributed by atoms with van der Waals surface area (Å²) in [5, 5.41) is 15.2. The Bertz CT molecular complexity index is 1030. The van der Waals surface area contributed by atoms with Gasteiger partial charge in [0, 0.05) is 25.4 Å². The molecule has 3 N–H and O–H groups in total. The maximum atomic E-state index is 12.2. The Hall–Kier alpha value is -3.35. The van der Waals surface area contributed by atoms with Crippen LogP contribution in [0, 0.1) is 11.3 Å². The zero-order valence-corrected chi connectivity index (χ0v) is 20.2. The van der Waals surface area contributed by atoms with Gasteiger partial charge in [-0.25, -0.2) is 4.79 Å². The molecule has 4 rings (SSSR count). The number of hydrogen-bond donors (Lipinski definition) is 3. The van der Waals surface area contributed by atoms with Crippen LogP contribution in [0.15, 0.2) is 48.5 Å². The SMILES string of the molecule is CC1CCC(CNC(=O)CCCNC(=O)OCC2c3ccccc3-c3ccccc32)(C(=O)O)CC1. The number of ether oxygens (including phenoxy) is 1. The highest BCUT2D eigenvalue weighted by Crippen LogP contribution is 2.44. The zero-order chi connectivity index (χ0) is 24.8. The Morgan fingerprint density at radius 3 is 2.17 bits per heavy atom. The number of carboxylic acid groups (broad SMARTS) is 1. The average molecular weight is 479 g/mol. The van der Waals surface area contributed by atoms with Crippen LogP contribution >= 0.6 is 0 Å². The van der Waals surface area contributed by atoms with Crippen molar-refractivity contribution in [3.05, 3.63) is 59.7 Å². The van der Waals surface area contributed by atoms with E-state index >= 15 is 0 Å². The van der Waals surface area contributed by atoms with Crippen LogP contribution in [0.1, 0.15) is 62.5 Å². The molecule has 0 aromatic heterocycles. The van der Waals surface area contributed by atoms with E-state index in [4.69, 9.17) is 4.74 Å². The third-order valence-electron chi connectivity index (χ3n) is 7.50. The summed E-state index contributed by atoms with van der Waals surface area (Å²) < 4.78 is 5.51. The van der Waals surface area contributed by atoms with E-state index in [1.807, 2.05) is 24.3 Å². The lowest BCUT2D eigenvalue weighted by Crippen LogP contribution is -2.45. The fourth-order valence-corrected chi connectivity index (χ4v) is 5.23. The number of carbonyl (C=O) groups is 3. The third-order valence-corrected chi connectivity index (χ3v) is 7.50. The molecule has 0 saturated heterocycles. The first-order valence-corrected chi connectivity index (χ1v) is 12.5. The van der Waals surface area contributed by atoms with Crippen molar-refractivity contribution in [1.29, 1.82) is 0 Å². The average Bonchev–Trinajstić information content (AvgIpc) is 3.19. The van der Waals surface area contributed by atoms with Gasteiger partial charge in [0.1, 0.15) is 6.61 Å². The van der Waals surface area contributed by atoms with Gasteiger partial charge in [-0.05, 0) is 60.3 Å². The molecule has 0 radical (unpaired) electrons. The maximum absolute atomic E-state index is 12.2. The summed E-state index contributed by atoms with van der Waals surface area (Å²) in [5.74, 6) is -0.495. The van der Waals surface area contributed by atoms with Crippen LogP contribution < -0.4 is 10.6 Å². The van der Waals surface area contributed by atoms with E-state index in [1.165, 1.54) is 11.1 Å². The number of alkyl carbamates (subject to hydrolysis) is 1. The van der Waals surface area contributed by atoms with E-state index in [0.717, 1.165) is 24.0 Å². The molecule has 0 bridgehead atoms. The first-order valence-electron chi connectivity index (χ1n) is 12.5. The summed E-state index contributed by atoms with van der Waals surface area (Å²) in [6.07, 6.45) is 3.08. The molecule has 2 aliphatic carbocycles. The number of carbonyl (C=O) groups excluding carboxylic acids is 2. The van der Waals surface area contributed by atoms with Crippen molar-refractivity contribution in [3.8, 4) is 11.1 Å². The zero-order valence-electron chi connectivity index (χ0n) is 20.2. The van der Waals surface area contributed by atoms with Gasteiger partial charge in [-0.1, -0.05) is 55.5 Å². The Morgan fingerprint density at radius 2 is 1.57 bits per heavy atom. The molecule has 35 heavy (non-hydrogen) atoms. The van der Waals surface area contributed by atoms with Gasteiger partial charge in [0.25, 0.3) is 0 Å². The fraction of sp³-hybridized carbons (Fsp3) is 0.464. The van der Waals surface area contributed by atoms with Crippen LogP contribution in [-0.2, 0) is 14.3 Å². The van der Waals surface area contributed by atoms with Gasteiger partial charge < -0.3 is 20.5 Å². The molecule has 1 fully saturated rings. The highest BCUT2D eigenvalue weighted by molar-refractivity contribution is 5.80. The van der Waals surface area contributed by atoms with Gasteiger partial charge in [-0.15, -0.1) is 0 Å². The maximum Gasteiger partial charge on any atom is 0.407 e. The Kier molecular flexibility index (Phi) is 7.73. The van der Waals surface area contributed by atoms with Crippen molar-refractivity contribution in [1.82, 2.24) is 10.6 Å². The molecular formula is C28H34N2O5. The summed E-state index contributed by atoms with van der Waals surface area (Å²) in [7, 11) is 0. The number of amides is 2. The molecular weight excluding hydrogens is 444 g/mol. The summed E-state index contributed by atoms with van der Waals surface area (Å²) in [5.41, 5.74) is 3.81. The minimum atomic E-state index is -0.859. The summed E-state index contributed by atoms with van der Waals surface area (Å²) in [4.78, 5) is 36.3. The molecule has 7 heteroatoms.